The van der Waals surface area contributed by atoms with Crippen LogP contribution >= 0.6 is 0 Å². The van der Waals surface area contributed by atoms with Crippen LogP contribution in [0.15, 0.2) is 54.6 Å². The lowest BCUT2D eigenvalue weighted by atomic mass is 10.1. The molecule has 6 nitrogen and oxygen atoms in total. The van der Waals surface area contributed by atoms with Gasteiger partial charge in [0.05, 0.1) is 5.92 Å². The van der Waals surface area contributed by atoms with Crippen LogP contribution in [0, 0.1) is 5.92 Å². The van der Waals surface area contributed by atoms with Crippen molar-refractivity contribution in [3.05, 3.63) is 65.7 Å². The molecule has 0 aromatic heterocycles. The molecule has 0 saturated heterocycles. The van der Waals surface area contributed by atoms with Crippen LogP contribution in [-0.4, -0.2) is 40.4 Å². The standard InChI is InChI=1S/C21H22N2O4/c1-14(21(26)27)13-23(18-11-12-18)20(25)16-7-9-17(10-8-16)22-19(24)15-5-3-2-4-6-15/h2-10,14,18H,11-13H2,1H3,(H,22,24)(H,26,27). The fourth-order valence-electron chi connectivity index (χ4n) is 2.81. The molecule has 2 N–H and O–H groups in total. The van der Waals surface area contributed by atoms with Crippen molar-refractivity contribution in [3.63, 3.8) is 0 Å². The van der Waals surface area contributed by atoms with E-state index in [0.29, 0.717) is 16.8 Å². The van der Waals surface area contributed by atoms with E-state index in [0.717, 1.165) is 12.8 Å². The molecule has 0 aliphatic heterocycles. The van der Waals surface area contributed by atoms with E-state index < -0.39 is 11.9 Å². The molecule has 1 aliphatic carbocycles. The molecule has 6 heteroatoms. The van der Waals surface area contributed by atoms with Crippen LogP contribution in [0.25, 0.3) is 0 Å². The van der Waals surface area contributed by atoms with E-state index in [1.807, 2.05) is 6.07 Å². The molecule has 140 valence electrons. The Bertz CT molecular complexity index is 829. The summed E-state index contributed by atoms with van der Waals surface area (Å²) in [5, 5.41) is 11.9. The Labute approximate surface area is 157 Å². The third kappa shape index (κ3) is 4.73. The number of benzene rings is 2. The summed E-state index contributed by atoms with van der Waals surface area (Å²) < 4.78 is 0. The van der Waals surface area contributed by atoms with Crippen LogP contribution in [-0.2, 0) is 4.79 Å². The summed E-state index contributed by atoms with van der Waals surface area (Å²) in [7, 11) is 0. The molecule has 1 saturated carbocycles. The molecule has 0 bridgehead atoms. The van der Waals surface area contributed by atoms with Crippen molar-refractivity contribution in [1.82, 2.24) is 4.90 Å². The van der Waals surface area contributed by atoms with Gasteiger partial charge in [-0.1, -0.05) is 25.1 Å². The van der Waals surface area contributed by atoms with Crippen LogP contribution in [0.3, 0.4) is 0 Å². The second kappa shape index (κ2) is 8.03. The highest BCUT2D eigenvalue weighted by atomic mass is 16.4. The zero-order valence-electron chi connectivity index (χ0n) is 15.1. The van der Waals surface area contributed by atoms with E-state index in [1.54, 1.807) is 60.4 Å². The lowest BCUT2D eigenvalue weighted by Crippen LogP contribution is -2.38. The molecular formula is C21H22N2O4. The summed E-state index contributed by atoms with van der Waals surface area (Å²) in [4.78, 5) is 37.7. The molecule has 1 atom stereocenters. The minimum atomic E-state index is -0.910. The number of hydrogen-bond acceptors (Lipinski definition) is 3. The first kappa shape index (κ1) is 18.6. The molecule has 0 heterocycles. The number of carboxylic acids is 1. The molecule has 2 aromatic carbocycles. The Morgan fingerprint density at radius 3 is 2.22 bits per heavy atom. The fourth-order valence-corrected chi connectivity index (χ4v) is 2.81. The Morgan fingerprint density at radius 2 is 1.67 bits per heavy atom. The number of carboxylic acid groups (broad SMARTS) is 1. The number of amides is 2. The number of rotatable bonds is 7. The lowest BCUT2D eigenvalue weighted by Gasteiger charge is -2.24. The fraction of sp³-hybridized carbons (Fsp3) is 0.286. The van der Waals surface area contributed by atoms with Gasteiger partial charge >= 0.3 is 5.97 Å². The molecule has 1 aliphatic rings. The van der Waals surface area contributed by atoms with E-state index >= 15 is 0 Å². The van der Waals surface area contributed by atoms with Gasteiger partial charge in [0.15, 0.2) is 0 Å². The minimum absolute atomic E-state index is 0.122. The maximum atomic E-state index is 12.8. The average Bonchev–Trinajstić information content (AvgIpc) is 3.51. The SMILES string of the molecule is CC(CN(C(=O)c1ccc(NC(=O)c2ccccc2)cc1)C1CC1)C(=O)O. The first-order chi connectivity index (χ1) is 13.0. The second-order valence-electron chi connectivity index (χ2n) is 6.83. The molecule has 2 aromatic rings. The molecule has 2 amide bonds. The number of carbonyl (C=O) groups is 3. The first-order valence-corrected chi connectivity index (χ1v) is 8.96. The van der Waals surface area contributed by atoms with Crippen LogP contribution in [0.2, 0.25) is 0 Å². The van der Waals surface area contributed by atoms with E-state index in [2.05, 4.69) is 5.32 Å². The summed E-state index contributed by atoms with van der Waals surface area (Å²) in [6.07, 6.45) is 1.81. The topological polar surface area (TPSA) is 86.7 Å². The largest absolute Gasteiger partial charge is 0.481 e. The third-order valence-corrected chi connectivity index (χ3v) is 4.57. The van der Waals surface area contributed by atoms with Crippen LogP contribution in [0.1, 0.15) is 40.5 Å². The van der Waals surface area contributed by atoms with Gasteiger partial charge in [-0.05, 0) is 49.2 Å². The highest BCUT2D eigenvalue weighted by molar-refractivity contribution is 6.04. The van der Waals surface area contributed by atoms with E-state index in [9.17, 15) is 14.4 Å². The van der Waals surface area contributed by atoms with Crippen molar-refractivity contribution < 1.29 is 19.5 Å². The monoisotopic (exact) mass is 366 g/mol. The Hall–Kier alpha value is -3.15. The van der Waals surface area contributed by atoms with Gasteiger partial charge in [0, 0.05) is 29.4 Å². The highest BCUT2D eigenvalue weighted by Crippen LogP contribution is 2.29. The quantitative estimate of drug-likeness (QED) is 0.787. The molecule has 1 fully saturated rings. The van der Waals surface area contributed by atoms with Gasteiger partial charge < -0.3 is 15.3 Å². The van der Waals surface area contributed by atoms with Crippen molar-refractivity contribution in [2.75, 3.05) is 11.9 Å². The van der Waals surface area contributed by atoms with Gasteiger partial charge in [-0.2, -0.15) is 0 Å². The summed E-state index contributed by atoms with van der Waals surface area (Å²) in [5.41, 5.74) is 1.63. The number of hydrogen-bond donors (Lipinski definition) is 2. The molecule has 0 radical (unpaired) electrons. The van der Waals surface area contributed by atoms with Crippen molar-refractivity contribution in [2.45, 2.75) is 25.8 Å². The van der Waals surface area contributed by atoms with Crippen molar-refractivity contribution in [2.24, 2.45) is 5.92 Å². The zero-order chi connectivity index (χ0) is 19.4. The van der Waals surface area contributed by atoms with Gasteiger partial charge in [0.25, 0.3) is 11.8 Å². The number of aliphatic carboxylic acids is 1. The van der Waals surface area contributed by atoms with Crippen molar-refractivity contribution in [1.29, 1.82) is 0 Å². The highest BCUT2D eigenvalue weighted by Gasteiger charge is 2.34. The minimum Gasteiger partial charge on any atom is -0.481 e. The summed E-state index contributed by atoms with van der Waals surface area (Å²) >= 11 is 0. The van der Waals surface area contributed by atoms with Crippen LogP contribution in [0.5, 0.6) is 0 Å². The second-order valence-corrected chi connectivity index (χ2v) is 6.83. The van der Waals surface area contributed by atoms with Gasteiger partial charge in [-0.15, -0.1) is 0 Å². The number of nitrogens with zero attached hydrogens (tertiary/aromatic N) is 1. The number of carbonyl (C=O) groups excluding carboxylic acids is 2. The average molecular weight is 366 g/mol. The first-order valence-electron chi connectivity index (χ1n) is 8.96. The lowest BCUT2D eigenvalue weighted by molar-refractivity contribution is -0.141. The zero-order valence-corrected chi connectivity index (χ0v) is 15.1. The van der Waals surface area contributed by atoms with E-state index in [-0.39, 0.29) is 24.4 Å². The maximum absolute atomic E-state index is 12.8. The molecule has 3 rings (SSSR count). The smallest absolute Gasteiger partial charge is 0.308 e. The predicted octanol–water partition coefficient (Wildman–Crippen LogP) is 3.26. The van der Waals surface area contributed by atoms with Gasteiger partial charge in [-0.3, -0.25) is 14.4 Å². The normalized spacial score (nSPS) is 14.3. The Balaban J connectivity index is 1.67. The third-order valence-electron chi connectivity index (χ3n) is 4.57. The maximum Gasteiger partial charge on any atom is 0.308 e. The van der Waals surface area contributed by atoms with E-state index in [4.69, 9.17) is 5.11 Å². The molecule has 27 heavy (non-hydrogen) atoms. The van der Waals surface area contributed by atoms with Crippen LogP contribution in [0.4, 0.5) is 5.69 Å². The molecular weight excluding hydrogens is 344 g/mol. The molecule has 0 spiro atoms. The Kier molecular flexibility index (Phi) is 5.54. The van der Waals surface area contributed by atoms with Gasteiger partial charge in [-0.25, -0.2) is 0 Å². The number of nitrogens with one attached hydrogen (secondary N) is 1. The van der Waals surface area contributed by atoms with Crippen molar-refractivity contribution in [3.8, 4) is 0 Å². The predicted molar refractivity (Wildman–Crippen MR) is 102 cm³/mol. The Morgan fingerprint density at radius 1 is 1.04 bits per heavy atom. The summed E-state index contributed by atoms with van der Waals surface area (Å²) in [5.74, 6) is -1.91. The van der Waals surface area contributed by atoms with Crippen molar-refractivity contribution >= 4 is 23.5 Å². The summed E-state index contributed by atoms with van der Waals surface area (Å²) in [6, 6.07) is 15.7. The number of anilines is 1. The van der Waals surface area contributed by atoms with E-state index in [1.165, 1.54) is 0 Å². The summed E-state index contributed by atoms with van der Waals surface area (Å²) in [6.45, 7) is 1.80. The molecule has 1 unspecified atom stereocenters. The van der Waals surface area contributed by atoms with Gasteiger partial charge in [0.1, 0.15) is 0 Å². The van der Waals surface area contributed by atoms with Crippen LogP contribution < -0.4 is 5.32 Å². The van der Waals surface area contributed by atoms with Gasteiger partial charge in [0.2, 0.25) is 0 Å².